The summed E-state index contributed by atoms with van der Waals surface area (Å²) < 4.78 is -1.57. The Morgan fingerprint density at radius 2 is 1.65 bits per heavy atom. The van der Waals surface area contributed by atoms with Crippen LogP contribution in [0.4, 0.5) is 0 Å². The Morgan fingerprint density at radius 1 is 1.00 bits per heavy atom. The number of para-hydroxylation sites is 1. The maximum absolute atomic E-state index is 12.5. The van der Waals surface area contributed by atoms with Crippen LogP contribution < -0.4 is 0 Å². The summed E-state index contributed by atoms with van der Waals surface area (Å²) in [7, 11) is 0. The van der Waals surface area contributed by atoms with Crippen LogP contribution in [0.3, 0.4) is 0 Å². The quantitative estimate of drug-likeness (QED) is 0.453. The molecule has 3 aromatic rings. The molecule has 1 N–H and O–H groups in total. The maximum Gasteiger partial charge on any atom is 0.197 e. The van der Waals surface area contributed by atoms with Gasteiger partial charge in [0.05, 0.1) is 0 Å². The Bertz CT molecular complexity index is 821. The van der Waals surface area contributed by atoms with Crippen LogP contribution in [0.5, 0.6) is 0 Å². The van der Waals surface area contributed by atoms with E-state index in [1.165, 1.54) is 0 Å². The van der Waals surface area contributed by atoms with E-state index in [-0.39, 0.29) is 12.2 Å². The predicted molar refractivity (Wildman–Crippen MR) is 96.7 cm³/mol. The number of Topliss-reactive ketones (excluding diaryl/α,β-unsaturated/α-hetero) is 1. The molecule has 118 valence electrons. The van der Waals surface area contributed by atoms with Gasteiger partial charge in [0, 0.05) is 35.0 Å². The van der Waals surface area contributed by atoms with Gasteiger partial charge in [-0.05, 0) is 11.6 Å². The fraction of sp³-hybridized carbons (Fsp3) is 0.167. The van der Waals surface area contributed by atoms with Crippen molar-refractivity contribution in [2.24, 2.45) is 0 Å². The summed E-state index contributed by atoms with van der Waals surface area (Å²) in [5.41, 5.74) is 2.41. The average Bonchev–Trinajstić information content (AvgIpc) is 2.96. The van der Waals surface area contributed by atoms with E-state index in [0.29, 0.717) is 5.56 Å². The first-order valence-corrected chi connectivity index (χ1v) is 8.31. The lowest BCUT2D eigenvalue weighted by molar-refractivity contribution is 0.0974. The normalized spacial score (nSPS) is 13.2. The van der Waals surface area contributed by atoms with E-state index in [1.807, 2.05) is 48.7 Å². The second-order valence-electron chi connectivity index (χ2n) is 5.38. The Kier molecular flexibility index (Phi) is 4.67. The molecule has 0 saturated carbocycles. The summed E-state index contributed by atoms with van der Waals surface area (Å²) in [4.78, 5) is 15.7. The number of hydrogen-bond acceptors (Lipinski definition) is 1. The van der Waals surface area contributed by atoms with Gasteiger partial charge >= 0.3 is 0 Å². The molecule has 0 aliphatic carbocycles. The van der Waals surface area contributed by atoms with Crippen molar-refractivity contribution in [3.05, 3.63) is 71.9 Å². The van der Waals surface area contributed by atoms with Gasteiger partial charge in [0.1, 0.15) is 0 Å². The van der Waals surface area contributed by atoms with E-state index in [2.05, 4.69) is 4.98 Å². The summed E-state index contributed by atoms with van der Waals surface area (Å²) >= 11 is 18.6. The first-order chi connectivity index (χ1) is 11.0. The van der Waals surface area contributed by atoms with Crippen molar-refractivity contribution < 1.29 is 4.79 Å². The number of H-pyrrole nitrogens is 1. The fourth-order valence-corrected chi connectivity index (χ4v) is 3.30. The lowest BCUT2D eigenvalue weighted by Gasteiger charge is -2.23. The molecular weight excluding hydrogens is 353 g/mol. The maximum atomic E-state index is 12.5. The lowest BCUT2D eigenvalue weighted by atomic mass is 9.92. The number of rotatable bonds is 4. The third kappa shape index (κ3) is 3.55. The molecule has 5 heteroatoms. The van der Waals surface area contributed by atoms with Crippen LogP contribution in [0.2, 0.25) is 0 Å². The Labute approximate surface area is 149 Å². The molecule has 0 fully saturated rings. The monoisotopic (exact) mass is 365 g/mol. The summed E-state index contributed by atoms with van der Waals surface area (Å²) in [6.45, 7) is 0. The number of nitrogens with one attached hydrogen (secondary N) is 1. The zero-order chi connectivity index (χ0) is 16.4. The van der Waals surface area contributed by atoms with Crippen molar-refractivity contribution in [1.29, 1.82) is 0 Å². The highest BCUT2D eigenvalue weighted by atomic mass is 35.6. The smallest absolute Gasteiger partial charge is 0.197 e. The zero-order valence-electron chi connectivity index (χ0n) is 12.1. The van der Waals surface area contributed by atoms with Crippen molar-refractivity contribution in [1.82, 2.24) is 4.98 Å². The van der Waals surface area contributed by atoms with Crippen LogP contribution in [-0.4, -0.2) is 14.6 Å². The van der Waals surface area contributed by atoms with Gasteiger partial charge in [-0.1, -0.05) is 83.3 Å². The van der Waals surface area contributed by atoms with E-state index in [9.17, 15) is 4.79 Å². The van der Waals surface area contributed by atoms with E-state index in [4.69, 9.17) is 34.8 Å². The summed E-state index contributed by atoms with van der Waals surface area (Å²) in [6, 6.07) is 16.8. The van der Waals surface area contributed by atoms with E-state index >= 15 is 0 Å². The number of halogens is 3. The van der Waals surface area contributed by atoms with Gasteiger partial charge in [-0.3, -0.25) is 4.79 Å². The molecule has 1 heterocycles. The molecular formula is C18H14Cl3NO. The molecule has 3 rings (SSSR count). The number of carbonyl (C=O) groups excluding carboxylic acids is 1. The number of aromatic nitrogens is 1. The third-order valence-electron chi connectivity index (χ3n) is 3.88. The number of alkyl halides is 3. The molecule has 0 aliphatic heterocycles. The number of ketones is 1. The summed E-state index contributed by atoms with van der Waals surface area (Å²) in [5, 5.41) is 0.963. The van der Waals surface area contributed by atoms with Crippen molar-refractivity contribution in [2.75, 3.05) is 0 Å². The van der Waals surface area contributed by atoms with Gasteiger partial charge in [-0.25, -0.2) is 0 Å². The van der Waals surface area contributed by atoms with Crippen LogP contribution in [0.1, 0.15) is 28.3 Å². The van der Waals surface area contributed by atoms with Crippen LogP contribution >= 0.6 is 34.8 Å². The predicted octanol–water partition coefficient (Wildman–Crippen LogP) is 5.89. The SMILES string of the molecule is O=C(C[C@@H](c1c[nH]c2ccccc12)C(Cl)(Cl)Cl)c1ccccc1. The zero-order valence-corrected chi connectivity index (χ0v) is 14.4. The minimum Gasteiger partial charge on any atom is -0.361 e. The Hall–Kier alpha value is -1.48. The molecule has 0 radical (unpaired) electrons. The van der Waals surface area contributed by atoms with Gasteiger partial charge in [0.2, 0.25) is 0 Å². The first-order valence-electron chi connectivity index (χ1n) is 7.18. The van der Waals surface area contributed by atoms with Gasteiger partial charge in [-0.15, -0.1) is 0 Å². The van der Waals surface area contributed by atoms with Gasteiger partial charge < -0.3 is 4.98 Å². The Balaban J connectivity index is 1.98. The second-order valence-corrected chi connectivity index (χ2v) is 7.75. The van der Waals surface area contributed by atoms with Crippen LogP contribution in [-0.2, 0) is 0 Å². The number of benzene rings is 2. The van der Waals surface area contributed by atoms with E-state index in [0.717, 1.165) is 16.5 Å². The minimum atomic E-state index is -1.57. The lowest BCUT2D eigenvalue weighted by Crippen LogP contribution is -2.20. The molecule has 0 unspecified atom stereocenters. The van der Waals surface area contributed by atoms with Gasteiger partial charge in [0.25, 0.3) is 0 Å². The first kappa shape index (κ1) is 16.4. The molecule has 1 aromatic heterocycles. The number of fused-ring (bicyclic) bond motifs is 1. The molecule has 2 nitrogen and oxygen atoms in total. The second kappa shape index (κ2) is 6.56. The fourth-order valence-electron chi connectivity index (χ4n) is 2.71. The molecule has 1 atom stereocenters. The molecule has 0 aliphatic rings. The minimum absolute atomic E-state index is 0.0489. The number of aromatic amines is 1. The number of carbonyl (C=O) groups is 1. The molecule has 0 spiro atoms. The van der Waals surface area contributed by atoms with Crippen LogP contribution in [0.25, 0.3) is 10.9 Å². The van der Waals surface area contributed by atoms with Gasteiger partial charge in [0.15, 0.2) is 9.58 Å². The van der Waals surface area contributed by atoms with Crippen molar-refractivity contribution in [3.63, 3.8) is 0 Å². The Morgan fingerprint density at radius 3 is 2.35 bits per heavy atom. The summed E-state index contributed by atoms with van der Waals surface area (Å²) in [5.74, 6) is -0.580. The largest absolute Gasteiger partial charge is 0.361 e. The van der Waals surface area contributed by atoms with Crippen molar-refractivity contribution in [3.8, 4) is 0 Å². The molecule has 2 aromatic carbocycles. The summed E-state index contributed by atoms with van der Waals surface area (Å²) in [6.07, 6.45) is 1.94. The standard InChI is InChI=1S/C18H14Cl3NO/c19-18(20,21)15(10-17(23)12-6-2-1-3-7-12)14-11-22-16-9-5-4-8-13(14)16/h1-9,11,15,22H,10H2/t15-/m0/s1. The number of hydrogen-bond donors (Lipinski definition) is 1. The van der Waals surface area contributed by atoms with Crippen LogP contribution in [0.15, 0.2) is 60.8 Å². The topological polar surface area (TPSA) is 32.9 Å². The molecule has 23 heavy (non-hydrogen) atoms. The van der Waals surface area contributed by atoms with E-state index < -0.39 is 9.71 Å². The molecule has 0 amide bonds. The average molecular weight is 367 g/mol. The highest BCUT2D eigenvalue weighted by molar-refractivity contribution is 6.68. The molecule has 0 saturated heterocycles. The van der Waals surface area contributed by atoms with Crippen LogP contribution in [0, 0.1) is 0 Å². The molecule has 0 bridgehead atoms. The van der Waals surface area contributed by atoms with E-state index in [1.54, 1.807) is 12.1 Å². The van der Waals surface area contributed by atoms with Crippen molar-refractivity contribution >= 4 is 51.5 Å². The third-order valence-corrected chi connectivity index (χ3v) is 4.67. The highest BCUT2D eigenvalue weighted by Crippen LogP contribution is 2.46. The highest BCUT2D eigenvalue weighted by Gasteiger charge is 2.37. The van der Waals surface area contributed by atoms with Gasteiger partial charge in [-0.2, -0.15) is 0 Å². The van der Waals surface area contributed by atoms with Crippen molar-refractivity contribution in [2.45, 2.75) is 16.1 Å².